The topological polar surface area (TPSA) is 78.9 Å². The lowest BCUT2D eigenvalue weighted by molar-refractivity contribution is -0.167. The first-order valence-corrected chi connectivity index (χ1v) is 32.9. The van der Waals surface area contributed by atoms with Crippen molar-refractivity contribution >= 4 is 17.9 Å². The molecule has 0 fully saturated rings. The lowest BCUT2D eigenvalue weighted by Gasteiger charge is -2.18. The molecule has 0 aromatic heterocycles. The van der Waals surface area contributed by atoms with E-state index in [1.807, 2.05) is 0 Å². The number of carbonyl (C=O) groups is 3. The maximum absolute atomic E-state index is 12.9. The Morgan fingerprint density at radius 1 is 0.253 bits per heavy atom. The molecule has 83 heavy (non-hydrogen) atoms. The molecule has 0 aromatic rings. The predicted octanol–water partition coefficient (Wildman–Crippen LogP) is 23.0. The van der Waals surface area contributed by atoms with Gasteiger partial charge in [0.15, 0.2) is 6.10 Å². The maximum Gasteiger partial charge on any atom is 0.306 e. The lowest BCUT2D eigenvalue weighted by Crippen LogP contribution is -2.30. The van der Waals surface area contributed by atoms with Crippen molar-refractivity contribution in [1.82, 2.24) is 0 Å². The van der Waals surface area contributed by atoms with Crippen LogP contribution in [0.2, 0.25) is 0 Å². The number of carbonyl (C=O) groups excluding carboxylic acids is 3. The Morgan fingerprint density at radius 2 is 0.470 bits per heavy atom. The third-order valence-corrected chi connectivity index (χ3v) is 13.1. The van der Waals surface area contributed by atoms with Crippen LogP contribution < -0.4 is 0 Å². The summed E-state index contributed by atoms with van der Waals surface area (Å²) in [6, 6.07) is 0. The quantitative estimate of drug-likeness (QED) is 0.0261. The highest BCUT2D eigenvalue weighted by atomic mass is 16.6. The molecule has 0 N–H and O–H groups in total. The van der Waals surface area contributed by atoms with Crippen molar-refractivity contribution in [3.8, 4) is 0 Å². The van der Waals surface area contributed by atoms with Gasteiger partial charge >= 0.3 is 17.9 Å². The van der Waals surface area contributed by atoms with Crippen LogP contribution in [0, 0.1) is 0 Å². The fourth-order valence-electron chi connectivity index (χ4n) is 8.20. The number of allylic oxidation sites excluding steroid dienone is 32. The van der Waals surface area contributed by atoms with Crippen LogP contribution in [-0.4, -0.2) is 37.2 Å². The van der Waals surface area contributed by atoms with E-state index in [0.29, 0.717) is 19.3 Å². The molecular weight excluding hydrogens is 1020 g/mol. The Labute approximate surface area is 509 Å². The highest BCUT2D eigenvalue weighted by molar-refractivity contribution is 5.71. The first-order chi connectivity index (χ1) is 41.0. The molecule has 0 bridgehead atoms. The average Bonchev–Trinajstić information content (AvgIpc) is 3.50. The van der Waals surface area contributed by atoms with Crippen molar-refractivity contribution < 1.29 is 28.6 Å². The molecule has 6 heteroatoms. The first-order valence-electron chi connectivity index (χ1n) is 32.9. The second-order valence-electron chi connectivity index (χ2n) is 20.9. The van der Waals surface area contributed by atoms with Crippen molar-refractivity contribution in [2.45, 2.75) is 258 Å². The van der Waals surface area contributed by atoms with Crippen LogP contribution >= 0.6 is 0 Å². The van der Waals surface area contributed by atoms with E-state index in [1.54, 1.807) is 0 Å². The summed E-state index contributed by atoms with van der Waals surface area (Å²) in [7, 11) is 0. The first kappa shape index (κ1) is 77.2. The average molecular weight is 1140 g/mol. The summed E-state index contributed by atoms with van der Waals surface area (Å²) in [5.74, 6) is -1.02. The van der Waals surface area contributed by atoms with Crippen molar-refractivity contribution in [2.24, 2.45) is 0 Å². The molecule has 0 heterocycles. The number of hydrogen-bond acceptors (Lipinski definition) is 6. The van der Waals surface area contributed by atoms with Gasteiger partial charge in [-0.15, -0.1) is 0 Å². The molecule has 6 nitrogen and oxygen atoms in total. The van der Waals surface area contributed by atoms with Crippen LogP contribution in [0.15, 0.2) is 194 Å². The van der Waals surface area contributed by atoms with Gasteiger partial charge in [0.05, 0.1) is 0 Å². The maximum atomic E-state index is 12.9. The molecule has 0 rings (SSSR count). The molecule has 0 spiro atoms. The fourth-order valence-corrected chi connectivity index (χ4v) is 8.20. The standard InChI is InChI=1S/C77H118O6/c1-4-7-10-13-16-19-22-25-28-31-34-35-36-37-38-39-40-41-44-46-49-52-55-58-61-64-67-70-76(79)82-73-74(83-77(80)71-68-65-62-59-56-53-50-47-43-33-30-27-24-21-18-15-12-9-6-3)72-81-75(78)69-66-63-60-57-54-51-48-45-42-32-29-26-23-20-17-14-11-8-5-2/h7,9-10,12,16-21,25-30,34-35,37-38,40-43,45-47,49,53,55-56,58,74H,4-6,8,11,13-15,22-24,31-33,36,39,44,48,50-52,54,57,59-73H2,1-3H3/b10-7-,12-9-,19-16-,20-17-,21-18-,28-25-,29-26-,30-27-,35-34-,38-37-,41-40-,45-42-,47-43-,49-46-,56-53-,58-55-. The summed E-state index contributed by atoms with van der Waals surface area (Å²) in [6.45, 7) is 6.30. The summed E-state index contributed by atoms with van der Waals surface area (Å²) in [5, 5.41) is 0. The second kappa shape index (κ2) is 68.7. The minimum atomic E-state index is -0.834. The van der Waals surface area contributed by atoms with Gasteiger partial charge in [-0.05, 0) is 167 Å². The molecule has 0 amide bonds. The van der Waals surface area contributed by atoms with Crippen LogP contribution in [-0.2, 0) is 28.6 Å². The van der Waals surface area contributed by atoms with Gasteiger partial charge in [0.2, 0.25) is 0 Å². The third-order valence-electron chi connectivity index (χ3n) is 13.1. The number of unbranched alkanes of at least 4 members (excludes halogenated alkanes) is 14. The molecule has 0 aromatic carbocycles. The number of rotatable bonds is 57. The summed E-state index contributed by atoms with van der Waals surface area (Å²) in [6.07, 6.45) is 104. The van der Waals surface area contributed by atoms with Crippen molar-refractivity contribution in [3.63, 3.8) is 0 Å². The van der Waals surface area contributed by atoms with Gasteiger partial charge in [-0.25, -0.2) is 0 Å². The highest BCUT2D eigenvalue weighted by Gasteiger charge is 2.19. The van der Waals surface area contributed by atoms with E-state index < -0.39 is 6.10 Å². The molecule has 462 valence electrons. The summed E-state index contributed by atoms with van der Waals surface area (Å²) in [5.41, 5.74) is 0. The van der Waals surface area contributed by atoms with Crippen molar-refractivity contribution in [1.29, 1.82) is 0 Å². The molecule has 0 saturated carbocycles. The van der Waals surface area contributed by atoms with Gasteiger partial charge in [0.25, 0.3) is 0 Å². The van der Waals surface area contributed by atoms with Gasteiger partial charge in [0.1, 0.15) is 13.2 Å². The Hall–Kier alpha value is -5.75. The van der Waals surface area contributed by atoms with Crippen LogP contribution in [0.5, 0.6) is 0 Å². The van der Waals surface area contributed by atoms with Gasteiger partial charge in [-0.1, -0.05) is 260 Å². The smallest absolute Gasteiger partial charge is 0.306 e. The van der Waals surface area contributed by atoms with Crippen LogP contribution in [0.1, 0.15) is 252 Å². The van der Waals surface area contributed by atoms with Crippen molar-refractivity contribution in [2.75, 3.05) is 13.2 Å². The zero-order valence-corrected chi connectivity index (χ0v) is 52.9. The van der Waals surface area contributed by atoms with E-state index in [1.165, 1.54) is 38.5 Å². The van der Waals surface area contributed by atoms with E-state index >= 15 is 0 Å². The zero-order valence-electron chi connectivity index (χ0n) is 52.9. The van der Waals surface area contributed by atoms with Crippen LogP contribution in [0.4, 0.5) is 0 Å². The molecule has 1 unspecified atom stereocenters. The molecule has 0 aliphatic carbocycles. The van der Waals surface area contributed by atoms with Crippen molar-refractivity contribution in [3.05, 3.63) is 194 Å². The third kappa shape index (κ3) is 66.9. The van der Waals surface area contributed by atoms with Gasteiger partial charge in [-0.2, -0.15) is 0 Å². The van der Waals surface area contributed by atoms with E-state index in [9.17, 15) is 14.4 Å². The van der Waals surface area contributed by atoms with E-state index in [-0.39, 0.29) is 44.0 Å². The molecule has 0 aliphatic heterocycles. The van der Waals surface area contributed by atoms with E-state index in [4.69, 9.17) is 14.2 Å². The Bertz CT molecular complexity index is 1990. The van der Waals surface area contributed by atoms with Gasteiger partial charge < -0.3 is 14.2 Å². The zero-order chi connectivity index (χ0) is 59.9. The predicted molar refractivity (Wildman–Crippen MR) is 361 cm³/mol. The summed E-state index contributed by atoms with van der Waals surface area (Å²) >= 11 is 0. The SMILES string of the molecule is CC/C=C\C/C=C\C/C=C\C/C=C\C/C=C\C/C=C\C/C=C\C/C=C\CCCCC(=O)OCC(COC(=O)CCCCCCCC/C=C\C/C=C\C/C=C\CCCCC)OC(=O)CCCCC/C=C\C/C=C\C/C=C\C/C=C\C/C=C\CC. The lowest BCUT2D eigenvalue weighted by atomic mass is 10.1. The molecule has 0 radical (unpaired) electrons. The number of ether oxygens (including phenoxy) is 3. The van der Waals surface area contributed by atoms with E-state index in [2.05, 4.69) is 215 Å². The largest absolute Gasteiger partial charge is 0.462 e. The molecule has 0 saturated heterocycles. The molecule has 1 atom stereocenters. The normalized spacial score (nSPS) is 13.4. The summed E-state index contributed by atoms with van der Waals surface area (Å²) < 4.78 is 16.9. The number of esters is 3. The molecule has 0 aliphatic rings. The minimum Gasteiger partial charge on any atom is -0.462 e. The van der Waals surface area contributed by atoms with Crippen LogP contribution in [0.3, 0.4) is 0 Å². The van der Waals surface area contributed by atoms with Gasteiger partial charge in [0, 0.05) is 19.3 Å². The summed E-state index contributed by atoms with van der Waals surface area (Å²) in [4.78, 5) is 38.4. The van der Waals surface area contributed by atoms with E-state index in [0.717, 1.165) is 161 Å². The number of hydrogen-bond donors (Lipinski definition) is 0. The van der Waals surface area contributed by atoms with Crippen LogP contribution in [0.25, 0.3) is 0 Å². The van der Waals surface area contributed by atoms with Gasteiger partial charge in [-0.3, -0.25) is 14.4 Å². The molecular formula is C77H118O6. The second-order valence-corrected chi connectivity index (χ2v) is 20.9. The monoisotopic (exact) mass is 1140 g/mol. The fraction of sp³-hybridized carbons (Fsp3) is 0.545. The Morgan fingerprint density at radius 3 is 0.771 bits per heavy atom. The Kier molecular flexibility index (Phi) is 64.0. The Balaban J connectivity index is 4.59. The highest BCUT2D eigenvalue weighted by Crippen LogP contribution is 2.13. The minimum absolute atomic E-state index is 0.123.